The Labute approximate surface area is 185 Å². The monoisotopic (exact) mass is 430 g/mol. The second kappa shape index (κ2) is 9.95. The minimum absolute atomic E-state index is 0.0932. The number of carbonyl (C=O) groups excluding carboxylic acids is 1. The maximum absolute atomic E-state index is 12.4. The Morgan fingerprint density at radius 1 is 0.935 bits per heavy atom. The van der Waals surface area contributed by atoms with Crippen molar-refractivity contribution in [3.63, 3.8) is 0 Å². The smallest absolute Gasteiger partial charge is 0.234 e. The van der Waals surface area contributed by atoms with Gasteiger partial charge in [-0.15, -0.1) is 10.2 Å². The first-order valence-electron chi connectivity index (χ1n) is 9.83. The third-order valence-corrected chi connectivity index (χ3v) is 5.60. The van der Waals surface area contributed by atoms with Gasteiger partial charge in [-0.1, -0.05) is 72.4 Å². The van der Waals surface area contributed by atoms with E-state index >= 15 is 0 Å². The lowest BCUT2D eigenvalue weighted by atomic mass is 10.1. The third kappa shape index (κ3) is 5.13. The molecule has 3 aromatic carbocycles. The van der Waals surface area contributed by atoms with Crippen LogP contribution < -0.4 is 10.1 Å². The molecule has 0 bridgehead atoms. The van der Waals surface area contributed by atoms with E-state index in [1.165, 1.54) is 11.8 Å². The Hall–Kier alpha value is -3.58. The summed E-state index contributed by atoms with van der Waals surface area (Å²) in [7, 11) is 1.64. The van der Waals surface area contributed by atoms with E-state index in [1.54, 1.807) is 7.11 Å². The number of carbonyl (C=O) groups is 1. The lowest BCUT2D eigenvalue weighted by Crippen LogP contribution is -2.14. The fourth-order valence-corrected chi connectivity index (χ4v) is 3.92. The SMILES string of the molecule is COc1ccccc1-c1nnc(SCC(=O)Nc2ccccc2)n1Cc1ccccc1. The highest BCUT2D eigenvalue weighted by Crippen LogP contribution is 2.31. The average Bonchev–Trinajstić information content (AvgIpc) is 3.21. The van der Waals surface area contributed by atoms with Crippen molar-refractivity contribution in [2.75, 3.05) is 18.2 Å². The van der Waals surface area contributed by atoms with Gasteiger partial charge >= 0.3 is 0 Å². The van der Waals surface area contributed by atoms with Crippen LogP contribution >= 0.6 is 11.8 Å². The molecule has 1 N–H and O–H groups in total. The summed E-state index contributed by atoms with van der Waals surface area (Å²) >= 11 is 1.36. The molecule has 0 atom stereocenters. The second-order valence-electron chi connectivity index (χ2n) is 6.78. The molecule has 0 spiro atoms. The van der Waals surface area contributed by atoms with E-state index < -0.39 is 0 Å². The van der Waals surface area contributed by atoms with Crippen LogP contribution in [0.15, 0.2) is 90.1 Å². The highest BCUT2D eigenvalue weighted by atomic mass is 32.2. The summed E-state index contributed by atoms with van der Waals surface area (Å²) in [5, 5.41) is 12.4. The first-order valence-corrected chi connectivity index (χ1v) is 10.8. The Morgan fingerprint density at radius 3 is 2.35 bits per heavy atom. The molecule has 4 rings (SSSR count). The number of rotatable bonds is 8. The number of hydrogen-bond donors (Lipinski definition) is 1. The number of nitrogens with one attached hydrogen (secondary N) is 1. The minimum Gasteiger partial charge on any atom is -0.496 e. The van der Waals surface area contributed by atoms with Crippen LogP contribution in [0.1, 0.15) is 5.56 Å². The minimum atomic E-state index is -0.0932. The molecule has 4 aromatic rings. The second-order valence-corrected chi connectivity index (χ2v) is 7.72. The summed E-state index contributed by atoms with van der Waals surface area (Å²) in [6.07, 6.45) is 0. The molecule has 0 aliphatic carbocycles. The number of aromatic nitrogens is 3. The summed E-state index contributed by atoms with van der Waals surface area (Å²) in [6.45, 7) is 0.587. The fraction of sp³-hybridized carbons (Fsp3) is 0.125. The molecular formula is C24H22N4O2S. The van der Waals surface area contributed by atoms with E-state index in [0.29, 0.717) is 17.5 Å². The van der Waals surface area contributed by atoms with Crippen LogP contribution in [0.3, 0.4) is 0 Å². The van der Waals surface area contributed by atoms with Gasteiger partial charge in [-0.25, -0.2) is 0 Å². The zero-order valence-corrected chi connectivity index (χ0v) is 17.9. The van der Waals surface area contributed by atoms with Gasteiger partial charge in [-0.3, -0.25) is 9.36 Å². The van der Waals surface area contributed by atoms with E-state index in [4.69, 9.17) is 4.74 Å². The van der Waals surface area contributed by atoms with Crippen molar-refractivity contribution in [1.29, 1.82) is 0 Å². The molecule has 0 unspecified atom stereocenters. The number of amides is 1. The van der Waals surface area contributed by atoms with Gasteiger partial charge in [0.05, 0.1) is 25.0 Å². The number of para-hydroxylation sites is 2. The number of nitrogens with zero attached hydrogens (tertiary/aromatic N) is 3. The molecule has 7 heteroatoms. The maximum Gasteiger partial charge on any atom is 0.234 e. The Balaban J connectivity index is 1.59. The number of hydrogen-bond acceptors (Lipinski definition) is 5. The van der Waals surface area contributed by atoms with Gasteiger partial charge in [0.2, 0.25) is 5.91 Å². The van der Waals surface area contributed by atoms with Crippen LogP contribution in [0.4, 0.5) is 5.69 Å². The van der Waals surface area contributed by atoms with Crippen LogP contribution in [0.2, 0.25) is 0 Å². The largest absolute Gasteiger partial charge is 0.496 e. The molecule has 1 heterocycles. The number of ether oxygens (including phenoxy) is 1. The van der Waals surface area contributed by atoms with Crippen molar-refractivity contribution in [1.82, 2.24) is 14.8 Å². The lowest BCUT2D eigenvalue weighted by molar-refractivity contribution is -0.113. The predicted molar refractivity (Wildman–Crippen MR) is 123 cm³/mol. The van der Waals surface area contributed by atoms with Crippen molar-refractivity contribution in [3.8, 4) is 17.1 Å². The summed E-state index contributed by atoms with van der Waals surface area (Å²) in [5.41, 5.74) is 2.75. The molecule has 6 nitrogen and oxygen atoms in total. The van der Waals surface area contributed by atoms with Crippen LogP contribution in [0, 0.1) is 0 Å². The summed E-state index contributed by atoms with van der Waals surface area (Å²) in [4.78, 5) is 12.4. The molecular weight excluding hydrogens is 408 g/mol. The van der Waals surface area contributed by atoms with E-state index in [-0.39, 0.29) is 11.7 Å². The Kier molecular flexibility index (Phi) is 6.64. The van der Waals surface area contributed by atoms with E-state index in [9.17, 15) is 4.79 Å². The molecule has 0 aliphatic heterocycles. The molecule has 0 radical (unpaired) electrons. The van der Waals surface area contributed by atoms with Gasteiger partial charge in [0.1, 0.15) is 5.75 Å². The van der Waals surface area contributed by atoms with Gasteiger partial charge in [0.25, 0.3) is 0 Å². The molecule has 0 fully saturated rings. The van der Waals surface area contributed by atoms with Gasteiger partial charge < -0.3 is 10.1 Å². The summed E-state index contributed by atoms with van der Waals surface area (Å²) in [5.74, 6) is 1.56. The first-order chi connectivity index (χ1) is 15.2. The van der Waals surface area contributed by atoms with Crippen LogP contribution in [0.5, 0.6) is 5.75 Å². The highest BCUT2D eigenvalue weighted by molar-refractivity contribution is 7.99. The maximum atomic E-state index is 12.4. The van der Waals surface area contributed by atoms with Crippen LogP contribution in [0.25, 0.3) is 11.4 Å². The number of benzene rings is 3. The van der Waals surface area contributed by atoms with Crippen molar-refractivity contribution in [2.24, 2.45) is 0 Å². The molecule has 0 saturated carbocycles. The van der Waals surface area contributed by atoms with Gasteiger partial charge in [0.15, 0.2) is 11.0 Å². The molecule has 1 aromatic heterocycles. The standard InChI is InChI=1S/C24H22N4O2S/c1-30-21-15-9-8-14-20(21)23-26-27-24(28(23)16-18-10-4-2-5-11-18)31-17-22(29)25-19-12-6-3-7-13-19/h2-15H,16-17H2,1H3,(H,25,29). The lowest BCUT2D eigenvalue weighted by Gasteiger charge is -2.12. The van der Waals surface area contributed by atoms with Gasteiger partial charge in [-0.05, 0) is 29.8 Å². The molecule has 1 amide bonds. The Morgan fingerprint density at radius 2 is 1.61 bits per heavy atom. The number of methoxy groups -OCH3 is 1. The quantitative estimate of drug-likeness (QED) is 0.409. The summed E-state index contributed by atoms with van der Waals surface area (Å²) in [6, 6.07) is 27.2. The van der Waals surface area contributed by atoms with Gasteiger partial charge in [0, 0.05) is 5.69 Å². The van der Waals surface area contributed by atoms with Crippen molar-refractivity contribution in [3.05, 3.63) is 90.5 Å². The van der Waals surface area contributed by atoms with Crippen molar-refractivity contribution in [2.45, 2.75) is 11.7 Å². The van der Waals surface area contributed by atoms with Gasteiger partial charge in [-0.2, -0.15) is 0 Å². The van der Waals surface area contributed by atoms with Crippen molar-refractivity contribution >= 4 is 23.4 Å². The highest BCUT2D eigenvalue weighted by Gasteiger charge is 2.18. The average molecular weight is 431 g/mol. The number of anilines is 1. The molecule has 31 heavy (non-hydrogen) atoms. The number of thioether (sulfide) groups is 1. The Bertz CT molecular complexity index is 1150. The van der Waals surface area contributed by atoms with E-state index in [0.717, 1.165) is 22.6 Å². The molecule has 0 aliphatic rings. The normalized spacial score (nSPS) is 10.6. The van der Waals surface area contributed by atoms with Crippen LogP contribution in [-0.2, 0) is 11.3 Å². The van der Waals surface area contributed by atoms with E-state index in [1.807, 2.05) is 77.4 Å². The molecule has 0 saturated heterocycles. The predicted octanol–water partition coefficient (Wildman–Crippen LogP) is 4.73. The van der Waals surface area contributed by atoms with Crippen LogP contribution in [-0.4, -0.2) is 33.5 Å². The first kappa shape index (κ1) is 20.7. The third-order valence-electron chi connectivity index (χ3n) is 4.64. The zero-order valence-electron chi connectivity index (χ0n) is 17.1. The fourth-order valence-electron chi connectivity index (χ4n) is 3.18. The summed E-state index contributed by atoms with van der Waals surface area (Å²) < 4.78 is 7.55. The topological polar surface area (TPSA) is 69.0 Å². The molecule has 156 valence electrons. The van der Waals surface area contributed by atoms with E-state index in [2.05, 4.69) is 27.6 Å². The zero-order chi connectivity index (χ0) is 21.5. The van der Waals surface area contributed by atoms with Crippen molar-refractivity contribution < 1.29 is 9.53 Å².